The van der Waals surface area contributed by atoms with Crippen LogP contribution in [0.5, 0.6) is 0 Å². The van der Waals surface area contributed by atoms with Crippen molar-refractivity contribution in [2.45, 2.75) is 20.8 Å². The van der Waals surface area contributed by atoms with Crippen LogP contribution in [-0.4, -0.2) is 19.7 Å². The molecule has 0 fully saturated rings. The summed E-state index contributed by atoms with van der Waals surface area (Å²) in [7, 11) is 1.79. The summed E-state index contributed by atoms with van der Waals surface area (Å²) in [5.74, 6) is 0.752. The second-order valence-electron chi connectivity index (χ2n) is 7.44. The molecule has 0 unspecified atom stereocenters. The average Bonchev–Trinajstić information content (AvgIpc) is 3.19. The zero-order valence-electron chi connectivity index (χ0n) is 16.7. The minimum Gasteiger partial charge on any atom is -0.361 e. The summed E-state index contributed by atoms with van der Waals surface area (Å²) in [4.78, 5) is 20.0. The molecule has 0 aliphatic rings. The summed E-state index contributed by atoms with van der Waals surface area (Å²) in [6.45, 7) is 5.91. The number of hydrogen-bond donors (Lipinski definition) is 1. The lowest BCUT2D eigenvalue weighted by atomic mass is 9.91. The van der Waals surface area contributed by atoms with E-state index in [0.717, 1.165) is 61.2 Å². The number of rotatable bonds is 2. The van der Waals surface area contributed by atoms with Crippen molar-refractivity contribution in [3.8, 4) is 22.3 Å². The third kappa shape index (κ3) is 2.52. The summed E-state index contributed by atoms with van der Waals surface area (Å²) in [6, 6.07) is 12.2. The number of nitrogens with one attached hydrogen (secondary N) is 1. The lowest BCUT2D eigenvalue weighted by Gasteiger charge is -2.14. The molecule has 0 bridgehead atoms. The number of imidazole rings is 1. The van der Waals surface area contributed by atoms with E-state index in [1.54, 1.807) is 17.8 Å². The van der Waals surface area contributed by atoms with E-state index < -0.39 is 0 Å². The first-order valence-corrected chi connectivity index (χ1v) is 9.46. The zero-order chi connectivity index (χ0) is 20.3. The minimum absolute atomic E-state index is 0.145. The van der Waals surface area contributed by atoms with Gasteiger partial charge in [-0.3, -0.25) is 9.55 Å². The van der Waals surface area contributed by atoms with Crippen LogP contribution in [0.15, 0.2) is 51.9 Å². The molecule has 6 nitrogen and oxygen atoms in total. The normalized spacial score (nSPS) is 11.6. The molecule has 0 amide bonds. The standard InChI is InChI=1S/C23H20N4O2/c1-12-7-8-18-16(6-5-9-24-18)20(12)17-10-15(21-13(2)26-29-14(21)3)11-19-22(17)27(4)23(28)25-19/h5-11H,1-4H3,(H,25,28). The maximum atomic E-state index is 12.5. The van der Waals surface area contributed by atoms with Crippen LogP contribution >= 0.6 is 0 Å². The fourth-order valence-electron chi connectivity index (χ4n) is 4.24. The van der Waals surface area contributed by atoms with Crippen LogP contribution in [0.25, 0.3) is 44.2 Å². The van der Waals surface area contributed by atoms with Crippen LogP contribution in [0.4, 0.5) is 0 Å². The summed E-state index contributed by atoms with van der Waals surface area (Å²) >= 11 is 0. The number of aromatic amines is 1. The maximum Gasteiger partial charge on any atom is 0.326 e. The van der Waals surface area contributed by atoms with Crippen molar-refractivity contribution >= 4 is 21.9 Å². The van der Waals surface area contributed by atoms with Crippen LogP contribution in [0.2, 0.25) is 0 Å². The quantitative estimate of drug-likeness (QED) is 0.480. The number of pyridine rings is 1. The Labute approximate surface area is 166 Å². The predicted molar refractivity (Wildman–Crippen MR) is 114 cm³/mol. The SMILES string of the molecule is Cc1ccc2ncccc2c1-c1cc(-c2c(C)noc2C)cc2[nH]c(=O)n(C)c12. The summed E-state index contributed by atoms with van der Waals surface area (Å²) in [5.41, 5.74) is 8.34. The van der Waals surface area contributed by atoms with E-state index in [0.29, 0.717) is 0 Å². The van der Waals surface area contributed by atoms with Crippen molar-refractivity contribution in [3.63, 3.8) is 0 Å². The van der Waals surface area contributed by atoms with Crippen LogP contribution in [0, 0.1) is 20.8 Å². The molecule has 3 heterocycles. The Balaban J connectivity index is 1.97. The highest BCUT2D eigenvalue weighted by molar-refractivity contribution is 6.05. The van der Waals surface area contributed by atoms with E-state index in [2.05, 4.69) is 40.2 Å². The van der Waals surface area contributed by atoms with E-state index in [9.17, 15) is 4.79 Å². The van der Waals surface area contributed by atoms with Gasteiger partial charge in [-0.25, -0.2) is 4.79 Å². The molecule has 5 rings (SSSR count). The van der Waals surface area contributed by atoms with E-state index >= 15 is 0 Å². The third-order valence-electron chi connectivity index (χ3n) is 5.58. The van der Waals surface area contributed by atoms with Gasteiger partial charge in [0.25, 0.3) is 0 Å². The molecule has 0 atom stereocenters. The van der Waals surface area contributed by atoms with Crippen LogP contribution in [-0.2, 0) is 7.05 Å². The highest BCUT2D eigenvalue weighted by Gasteiger charge is 2.19. The molecule has 3 aromatic heterocycles. The fourth-order valence-corrected chi connectivity index (χ4v) is 4.24. The Morgan fingerprint density at radius 2 is 1.90 bits per heavy atom. The first kappa shape index (κ1) is 17.4. The molecule has 6 heteroatoms. The van der Waals surface area contributed by atoms with Crippen molar-refractivity contribution in [3.05, 3.63) is 70.1 Å². The third-order valence-corrected chi connectivity index (χ3v) is 5.58. The second kappa shape index (κ2) is 6.17. The maximum absolute atomic E-state index is 12.5. The molecule has 1 N–H and O–H groups in total. The highest BCUT2D eigenvalue weighted by Crippen LogP contribution is 2.39. The Kier molecular flexibility index (Phi) is 3.71. The van der Waals surface area contributed by atoms with Crippen molar-refractivity contribution in [2.75, 3.05) is 0 Å². The zero-order valence-corrected chi connectivity index (χ0v) is 16.7. The van der Waals surface area contributed by atoms with Crippen molar-refractivity contribution < 1.29 is 4.52 Å². The molecule has 2 aromatic carbocycles. The van der Waals surface area contributed by atoms with Gasteiger partial charge in [0.1, 0.15) is 5.76 Å². The van der Waals surface area contributed by atoms with E-state index in [-0.39, 0.29) is 5.69 Å². The Bertz CT molecular complexity index is 1450. The smallest absolute Gasteiger partial charge is 0.326 e. The molecule has 5 aromatic rings. The van der Waals surface area contributed by atoms with Gasteiger partial charge in [0, 0.05) is 29.8 Å². The second-order valence-corrected chi connectivity index (χ2v) is 7.44. The minimum atomic E-state index is -0.145. The van der Waals surface area contributed by atoms with Gasteiger partial charge < -0.3 is 9.51 Å². The number of aryl methyl sites for hydroxylation is 4. The molecule has 0 spiro atoms. The summed E-state index contributed by atoms with van der Waals surface area (Å²) < 4.78 is 7.06. The van der Waals surface area contributed by atoms with Crippen molar-refractivity contribution in [2.24, 2.45) is 7.05 Å². The Morgan fingerprint density at radius 1 is 1.07 bits per heavy atom. The predicted octanol–water partition coefficient (Wildman–Crippen LogP) is 4.66. The van der Waals surface area contributed by atoms with E-state index in [1.165, 1.54) is 0 Å². The van der Waals surface area contributed by atoms with Gasteiger partial charge in [-0.1, -0.05) is 17.3 Å². The monoisotopic (exact) mass is 384 g/mol. The van der Waals surface area contributed by atoms with Gasteiger partial charge in [0.05, 0.1) is 22.2 Å². The highest BCUT2D eigenvalue weighted by atomic mass is 16.5. The molecular weight excluding hydrogens is 364 g/mol. The molecule has 0 radical (unpaired) electrons. The van der Waals surface area contributed by atoms with Gasteiger partial charge in [-0.15, -0.1) is 0 Å². The van der Waals surface area contributed by atoms with Crippen molar-refractivity contribution in [1.29, 1.82) is 0 Å². The van der Waals surface area contributed by atoms with Crippen LogP contribution in [0.3, 0.4) is 0 Å². The van der Waals surface area contributed by atoms with Gasteiger partial charge in [-0.05, 0) is 61.7 Å². The molecule has 144 valence electrons. The summed E-state index contributed by atoms with van der Waals surface area (Å²) in [5, 5.41) is 5.16. The molecular formula is C23H20N4O2. The van der Waals surface area contributed by atoms with Gasteiger partial charge >= 0.3 is 5.69 Å². The van der Waals surface area contributed by atoms with Crippen molar-refractivity contribution in [1.82, 2.24) is 19.7 Å². The molecule has 0 saturated carbocycles. The van der Waals surface area contributed by atoms with Crippen LogP contribution < -0.4 is 5.69 Å². The van der Waals surface area contributed by atoms with E-state index in [4.69, 9.17) is 4.52 Å². The number of hydrogen-bond acceptors (Lipinski definition) is 4. The van der Waals surface area contributed by atoms with Crippen LogP contribution in [0.1, 0.15) is 17.0 Å². The number of benzene rings is 2. The number of fused-ring (bicyclic) bond motifs is 2. The molecule has 0 aliphatic heterocycles. The average molecular weight is 384 g/mol. The van der Waals surface area contributed by atoms with Gasteiger partial charge in [0.15, 0.2) is 0 Å². The lowest BCUT2D eigenvalue weighted by molar-refractivity contribution is 0.393. The largest absolute Gasteiger partial charge is 0.361 e. The number of H-pyrrole nitrogens is 1. The number of aromatic nitrogens is 4. The number of nitrogens with zero attached hydrogens (tertiary/aromatic N) is 3. The Morgan fingerprint density at radius 3 is 2.66 bits per heavy atom. The topological polar surface area (TPSA) is 76.7 Å². The fraction of sp³-hybridized carbons (Fsp3) is 0.174. The summed E-state index contributed by atoms with van der Waals surface area (Å²) in [6.07, 6.45) is 1.80. The lowest BCUT2D eigenvalue weighted by Crippen LogP contribution is -2.12. The Hall–Kier alpha value is -3.67. The molecule has 0 aliphatic carbocycles. The molecule has 0 saturated heterocycles. The van der Waals surface area contributed by atoms with Gasteiger partial charge in [-0.2, -0.15) is 0 Å². The van der Waals surface area contributed by atoms with Gasteiger partial charge in [0.2, 0.25) is 0 Å². The first-order valence-electron chi connectivity index (χ1n) is 9.46. The first-order chi connectivity index (χ1) is 14.0. The molecule has 29 heavy (non-hydrogen) atoms. The van der Waals surface area contributed by atoms with E-state index in [1.807, 2.05) is 32.0 Å².